The smallest absolute Gasteiger partial charge is 0.0662 e. The van der Waals surface area contributed by atoms with Gasteiger partial charge in [-0.15, -0.1) is 0 Å². The van der Waals surface area contributed by atoms with Gasteiger partial charge in [-0.05, 0) is 25.8 Å². The molecule has 1 aliphatic rings. The average Bonchev–Trinajstić information content (AvgIpc) is 2.43. The lowest BCUT2D eigenvalue weighted by atomic mass is 9.54. The van der Waals surface area contributed by atoms with Crippen molar-refractivity contribution in [1.82, 2.24) is 4.90 Å². The summed E-state index contributed by atoms with van der Waals surface area (Å²) in [6.45, 7) is 17.5. The molecule has 1 fully saturated rings. The van der Waals surface area contributed by atoms with Crippen LogP contribution in [0.15, 0.2) is 0 Å². The molecule has 2 unspecified atom stereocenters. The Balaban J connectivity index is 2.61. The van der Waals surface area contributed by atoms with Gasteiger partial charge in [0.15, 0.2) is 0 Å². The van der Waals surface area contributed by atoms with E-state index in [9.17, 15) is 0 Å². The fraction of sp³-hybridized carbons (Fsp3) is 1.00. The van der Waals surface area contributed by atoms with E-state index in [1.165, 1.54) is 19.4 Å². The highest BCUT2D eigenvalue weighted by molar-refractivity contribution is 5.14. The van der Waals surface area contributed by atoms with Gasteiger partial charge in [-0.1, -0.05) is 47.5 Å². The van der Waals surface area contributed by atoms with Crippen molar-refractivity contribution in [3.8, 4) is 0 Å². The van der Waals surface area contributed by atoms with E-state index in [0.717, 1.165) is 32.0 Å². The lowest BCUT2D eigenvalue weighted by Gasteiger charge is -2.60. The molecule has 3 nitrogen and oxygen atoms in total. The number of nitrogens with zero attached hydrogens (tertiary/aromatic N) is 1. The van der Waals surface area contributed by atoms with Gasteiger partial charge >= 0.3 is 0 Å². The normalized spacial score (nSPS) is 28.9. The van der Waals surface area contributed by atoms with Crippen LogP contribution >= 0.6 is 0 Å². The van der Waals surface area contributed by atoms with Crippen LogP contribution in [0.3, 0.4) is 0 Å². The molecule has 0 amide bonds. The summed E-state index contributed by atoms with van der Waals surface area (Å²) >= 11 is 0. The van der Waals surface area contributed by atoms with E-state index in [0.29, 0.717) is 6.10 Å². The fourth-order valence-electron chi connectivity index (χ4n) is 3.39. The second-order valence-electron chi connectivity index (χ2n) is 7.04. The summed E-state index contributed by atoms with van der Waals surface area (Å²) in [4.78, 5) is 2.54. The minimum absolute atomic E-state index is 0.0738. The Labute approximate surface area is 126 Å². The van der Waals surface area contributed by atoms with Crippen molar-refractivity contribution in [2.45, 2.75) is 72.4 Å². The molecule has 0 bridgehead atoms. The van der Waals surface area contributed by atoms with Crippen LogP contribution in [0.2, 0.25) is 0 Å². The molecule has 1 saturated carbocycles. The SMILES string of the molecule is CCOC1CC(N)(CN(CC)CC(CC)CC)C1(C)C. The van der Waals surface area contributed by atoms with Crippen LogP contribution in [0.4, 0.5) is 0 Å². The molecule has 2 N–H and O–H groups in total. The molecule has 0 aromatic carbocycles. The van der Waals surface area contributed by atoms with Gasteiger partial charge in [-0.25, -0.2) is 0 Å². The van der Waals surface area contributed by atoms with E-state index < -0.39 is 0 Å². The third kappa shape index (κ3) is 3.55. The maximum atomic E-state index is 6.71. The van der Waals surface area contributed by atoms with Crippen molar-refractivity contribution in [2.24, 2.45) is 17.1 Å². The van der Waals surface area contributed by atoms with Gasteiger partial charge in [0.25, 0.3) is 0 Å². The van der Waals surface area contributed by atoms with Crippen molar-refractivity contribution >= 4 is 0 Å². The molecule has 0 aliphatic heterocycles. The van der Waals surface area contributed by atoms with Crippen LogP contribution in [0.5, 0.6) is 0 Å². The number of likely N-dealkylation sites (N-methyl/N-ethyl adjacent to an activating group) is 1. The molecule has 0 heterocycles. The molecule has 3 heteroatoms. The highest BCUT2D eigenvalue weighted by Crippen LogP contribution is 2.50. The molecule has 2 atom stereocenters. The van der Waals surface area contributed by atoms with Crippen molar-refractivity contribution in [1.29, 1.82) is 0 Å². The quantitative estimate of drug-likeness (QED) is 0.706. The van der Waals surface area contributed by atoms with Crippen molar-refractivity contribution in [3.05, 3.63) is 0 Å². The molecule has 0 spiro atoms. The summed E-state index contributed by atoms with van der Waals surface area (Å²) in [5, 5.41) is 0. The van der Waals surface area contributed by atoms with Crippen molar-refractivity contribution < 1.29 is 4.74 Å². The predicted molar refractivity (Wildman–Crippen MR) is 86.9 cm³/mol. The second kappa shape index (κ2) is 7.24. The van der Waals surface area contributed by atoms with Crippen molar-refractivity contribution in [3.63, 3.8) is 0 Å². The lowest BCUT2D eigenvalue weighted by Crippen LogP contribution is -2.73. The summed E-state index contributed by atoms with van der Waals surface area (Å²) in [6.07, 6.45) is 3.84. The number of nitrogens with two attached hydrogens (primary N) is 1. The van der Waals surface area contributed by atoms with Crippen molar-refractivity contribution in [2.75, 3.05) is 26.2 Å². The van der Waals surface area contributed by atoms with Crippen LogP contribution in [0, 0.1) is 11.3 Å². The Hall–Kier alpha value is -0.120. The molecule has 20 heavy (non-hydrogen) atoms. The van der Waals surface area contributed by atoms with Crippen LogP contribution in [-0.4, -0.2) is 42.8 Å². The summed E-state index contributed by atoms with van der Waals surface area (Å²) in [6, 6.07) is 0. The molecule has 0 aromatic heterocycles. The topological polar surface area (TPSA) is 38.5 Å². The van der Waals surface area contributed by atoms with E-state index in [2.05, 4.69) is 46.4 Å². The average molecular weight is 284 g/mol. The van der Waals surface area contributed by atoms with Gasteiger partial charge in [0, 0.05) is 30.7 Å². The zero-order chi connectivity index (χ0) is 15.4. The summed E-state index contributed by atoms with van der Waals surface area (Å²) in [5.74, 6) is 0.796. The zero-order valence-electron chi connectivity index (χ0n) is 14.5. The number of hydrogen-bond acceptors (Lipinski definition) is 3. The highest BCUT2D eigenvalue weighted by atomic mass is 16.5. The molecule has 120 valence electrons. The van der Waals surface area contributed by atoms with Gasteiger partial charge in [0.2, 0.25) is 0 Å². The molecule has 0 aromatic rings. The summed E-state index contributed by atoms with van der Waals surface area (Å²) in [5.41, 5.74) is 6.69. The molecule has 1 rings (SSSR count). The second-order valence-corrected chi connectivity index (χ2v) is 7.04. The fourth-order valence-corrected chi connectivity index (χ4v) is 3.39. The zero-order valence-corrected chi connectivity index (χ0v) is 14.5. The van der Waals surface area contributed by atoms with E-state index in [1.807, 2.05) is 0 Å². The first-order valence-corrected chi connectivity index (χ1v) is 8.47. The Morgan fingerprint density at radius 2 is 1.80 bits per heavy atom. The van der Waals surface area contributed by atoms with E-state index in [1.54, 1.807) is 0 Å². The summed E-state index contributed by atoms with van der Waals surface area (Å²) in [7, 11) is 0. The Morgan fingerprint density at radius 3 is 2.20 bits per heavy atom. The summed E-state index contributed by atoms with van der Waals surface area (Å²) < 4.78 is 5.83. The van der Waals surface area contributed by atoms with E-state index >= 15 is 0 Å². The minimum Gasteiger partial charge on any atom is -0.378 e. The highest BCUT2D eigenvalue weighted by Gasteiger charge is 2.58. The predicted octanol–water partition coefficient (Wildman–Crippen LogP) is 3.28. The molecular formula is C17H36N2O. The van der Waals surface area contributed by atoms with Gasteiger partial charge < -0.3 is 15.4 Å². The first kappa shape index (κ1) is 17.9. The lowest BCUT2D eigenvalue weighted by molar-refractivity contribution is -0.156. The van der Waals surface area contributed by atoms with Gasteiger partial charge in [0.05, 0.1) is 6.10 Å². The standard InChI is InChI=1S/C17H36N2O/c1-7-14(8-2)12-19(9-3)13-17(18)11-15(20-10-4)16(17,5)6/h14-15H,7-13,18H2,1-6H3. The van der Waals surface area contributed by atoms with Gasteiger partial charge in [-0.2, -0.15) is 0 Å². The maximum Gasteiger partial charge on any atom is 0.0662 e. The van der Waals surface area contributed by atoms with E-state index in [-0.39, 0.29) is 11.0 Å². The Kier molecular flexibility index (Phi) is 6.49. The number of ether oxygens (including phenoxy) is 1. The molecular weight excluding hydrogens is 248 g/mol. The number of hydrogen-bond donors (Lipinski definition) is 1. The molecule has 1 aliphatic carbocycles. The third-order valence-electron chi connectivity index (χ3n) is 5.63. The first-order chi connectivity index (χ1) is 9.34. The maximum absolute atomic E-state index is 6.71. The van der Waals surface area contributed by atoms with Crippen LogP contribution < -0.4 is 5.73 Å². The van der Waals surface area contributed by atoms with E-state index in [4.69, 9.17) is 10.5 Å². The van der Waals surface area contributed by atoms with Crippen LogP contribution in [0.25, 0.3) is 0 Å². The Morgan fingerprint density at radius 1 is 1.20 bits per heavy atom. The van der Waals surface area contributed by atoms with Gasteiger partial charge in [0.1, 0.15) is 0 Å². The van der Waals surface area contributed by atoms with Crippen LogP contribution in [-0.2, 0) is 4.74 Å². The Bertz CT molecular complexity index is 289. The minimum atomic E-state index is -0.102. The largest absolute Gasteiger partial charge is 0.378 e. The molecule has 0 saturated heterocycles. The number of rotatable bonds is 9. The molecule has 0 radical (unpaired) electrons. The monoisotopic (exact) mass is 284 g/mol. The van der Waals surface area contributed by atoms with Crippen LogP contribution in [0.1, 0.15) is 60.8 Å². The first-order valence-electron chi connectivity index (χ1n) is 8.47. The third-order valence-corrected chi connectivity index (χ3v) is 5.63. The van der Waals surface area contributed by atoms with Gasteiger partial charge in [-0.3, -0.25) is 0 Å².